The van der Waals surface area contributed by atoms with Gasteiger partial charge in [0.2, 0.25) is 0 Å². The SMILES string of the molecule is COOCc1ccn2c(NC3CCCCC3)c(-c3ccc(O)cc3O)nc2c1. The number of imidazole rings is 1. The Labute approximate surface area is 163 Å². The van der Waals surface area contributed by atoms with Crippen molar-refractivity contribution in [2.75, 3.05) is 12.4 Å². The number of aromatic hydroxyl groups is 2. The molecule has 148 valence electrons. The van der Waals surface area contributed by atoms with E-state index in [9.17, 15) is 10.2 Å². The van der Waals surface area contributed by atoms with Crippen molar-refractivity contribution in [3.8, 4) is 22.8 Å². The number of benzene rings is 1. The maximum Gasteiger partial charge on any atom is 0.139 e. The summed E-state index contributed by atoms with van der Waals surface area (Å²) >= 11 is 0. The summed E-state index contributed by atoms with van der Waals surface area (Å²) in [4.78, 5) is 14.5. The van der Waals surface area contributed by atoms with Gasteiger partial charge in [0.1, 0.15) is 35.3 Å². The number of aromatic nitrogens is 2. The van der Waals surface area contributed by atoms with Crippen molar-refractivity contribution in [1.29, 1.82) is 0 Å². The summed E-state index contributed by atoms with van der Waals surface area (Å²) in [6, 6.07) is 8.85. The van der Waals surface area contributed by atoms with E-state index in [1.165, 1.54) is 32.4 Å². The average molecular weight is 383 g/mol. The number of fused-ring (bicyclic) bond motifs is 1. The Balaban J connectivity index is 1.79. The molecule has 0 radical (unpaired) electrons. The molecular weight excluding hydrogens is 358 g/mol. The minimum absolute atomic E-state index is 0.00181. The van der Waals surface area contributed by atoms with E-state index >= 15 is 0 Å². The number of anilines is 1. The van der Waals surface area contributed by atoms with Crippen LogP contribution in [0.15, 0.2) is 36.5 Å². The van der Waals surface area contributed by atoms with Crippen LogP contribution in [0.25, 0.3) is 16.9 Å². The predicted molar refractivity (Wildman–Crippen MR) is 106 cm³/mol. The van der Waals surface area contributed by atoms with Crippen molar-refractivity contribution in [3.63, 3.8) is 0 Å². The number of nitrogens with one attached hydrogen (secondary N) is 1. The molecule has 0 aliphatic heterocycles. The topological polar surface area (TPSA) is 88.2 Å². The molecule has 3 N–H and O–H groups in total. The fraction of sp³-hybridized carbons (Fsp3) is 0.381. The second-order valence-electron chi connectivity index (χ2n) is 7.18. The van der Waals surface area contributed by atoms with E-state index in [4.69, 9.17) is 9.87 Å². The molecule has 0 atom stereocenters. The van der Waals surface area contributed by atoms with Crippen LogP contribution in [0.5, 0.6) is 11.5 Å². The van der Waals surface area contributed by atoms with Gasteiger partial charge in [0.25, 0.3) is 0 Å². The standard InChI is InChI=1S/C21H25N3O4/c1-27-28-13-14-9-10-24-19(11-14)23-20(17-8-7-16(25)12-18(17)26)21(24)22-15-5-3-2-4-6-15/h7-12,15,22,25-26H,2-6,13H2,1H3. The van der Waals surface area contributed by atoms with E-state index in [0.717, 1.165) is 29.9 Å². The Kier molecular flexibility index (Phi) is 5.36. The third kappa shape index (κ3) is 3.76. The summed E-state index contributed by atoms with van der Waals surface area (Å²) in [5, 5.41) is 23.7. The van der Waals surface area contributed by atoms with E-state index in [2.05, 4.69) is 10.2 Å². The molecule has 0 unspecified atom stereocenters. The first kappa shape index (κ1) is 18.6. The van der Waals surface area contributed by atoms with Gasteiger partial charge in [-0.1, -0.05) is 19.3 Å². The molecule has 1 fully saturated rings. The lowest BCUT2D eigenvalue weighted by Crippen LogP contribution is -2.23. The zero-order valence-electron chi connectivity index (χ0n) is 15.9. The van der Waals surface area contributed by atoms with E-state index in [0.29, 0.717) is 23.9 Å². The molecule has 4 rings (SSSR count). The zero-order valence-corrected chi connectivity index (χ0v) is 15.9. The van der Waals surface area contributed by atoms with E-state index < -0.39 is 0 Å². The Hall–Kier alpha value is -2.77. The molecule has 1 saturated carbocycles. The molecule has 2 aromatic heterocycles. The van der Waals surface area contributed by atoms with Crippen LogP contribution in [0.4, 0.5) is 5.82 Å². The normalized spacial score (nSPS) is 15.2. The zero-order chi connectivity index (χ0) is 19.5. The van der Waals surface area contributed by atoms with Crippen LogP contribution in [-0.4, -0.2) is 32.7 Å². The number of hydrogen-bond donors (Lipinski definition) is 3. The van der Waals surface area contributed by atoms with Gasteiger partial charge in [-0.3, -0.25) is 4.40 Å². The maximum absolute atomic E-state index is 10.4. The number of pyridine rings is 1. The molecule has 0 saturated heterocycles. The van der Waals surface area contributed by atoms with Gasteiger partial charge in [-0.05, 0) is 42.7 Å². The highest BCUT2D eigenvalue weighted by atomic mass is 17.2. The number of phenols is 2. The molecule has 7 heteroatoms. The monoisotopic (exact) mass is 383 g/mol. The molecule has 0 amide bonds. The Bertz CT molecular complexity index is 964. The van der Waals surface area contributed by atoms with Gasteiger partial charge in [0, 0.05) is 23.9 Å². The first-order chi connectivity index (χ1) is 13.7. The largest absolute Gasteiger partial charge is 0.508 e. The number of phenolic OH excluding ortho intramolecular Hbond substituents is 2. The molecule has 0 spiro atoms. The van der Waals surface area contributed by atoms with Gasteiger partial charge in [0.15, 0.2) is 0 Å². The molecule has 0 bridgehead atoms. The number of nitrogens with zero attached hydrogens (tertiary/aromatic N) is 2. The van der Waals surface area contributed by atoms with Crippen molar-refractivity contribution in [1.82, 2.24) is 9.38 Å². The molecule has 1 aliphatic carbocycles. The summed E-state index contributed by atoms with van der Waals surface area (Å²) < 4.78 is 1.99. The fourth-order valence-electron chi connectivity index (χ4n) is 3.79. The second kappa shape index (κ2) is 8.08. The van der Waals surface area contributed by atoms with Crippen molar-refractivity contribution in [3.05, 3.63) is 42.1 Å². The summed E-state index contributed by atoms with van der Waals surface area (Å²) in [7, 11) is 1.48. The van der Waals surface area contributed by atoms with Crippen molar-refractivity contribution < 1.29 is 20.0 Å². The summed E-state index contributed by atoms with van der Waals surface area (Å²) in [6.07, 6.45) is 7.89. The van der Waals surface area contributed by atoms with Crippen molar-refractivity contribution >= 4 is 11.5 Å². The quantitative estimate of drug-likeness (QED) is 0.436. The third-order valence-electron chi connectivity index (χ3n) is 5.22. The van der Waals surface area contributed by atoms with Crippen LogP contribution >= 0.6 is 0 Å². The van der Waals surface area contributed by atoms with E-state index in [1.807, 2.05) is 22.7 Å². The predicted octanol–water partition coefficient (Wildman–Crippen LogP) is 4.24. The lowest BCUT2D eigenvalue weighted by molar-refractivity contribution is -0.282. The van der Waals surface area contributed by atoms with Gasteiger partial charge in [-0.2, -0.15) is 0 Å². The summed E-state index contributed by atoms with van der Waals surface area (Å²) in [6.45, 7) is 0.324. The van der Waals surface area contributed by atoms with Crippen LogP contribution in [0.2, 0.25) is 0 Å². The minimum atomic E-state index is -0.00181. The van der Waals surface area contributed by atoms with E-state index in [-0.39, 0.29) is 11.5 Å². The minimum Gasteiger partial charge on any atom is -0.508 e. The van der Waals surface area contributed by atoms with Crippen molar-refractivity contribution in [2.24, 2.45) is 0 Å². The molecule has 28 heavy (non-hydrogen) atoms. The summed E-state index contributed by atoms with van der Waals surface area (Å²) in [5.41, 5.74) is 2.92. The second-order valence-corrected chi connectivity index (χ2v) is 7.18. The molecule has 1 aromatic carbocycles. The maximum atomic E-state index is 10.4. The molecule has 2 heterocycles. The molecule has 3 aromatic rings. The van der Waals surface area contributed by atoms with Gasteiger partial charge in [0.05, 0.1) is 7.11 Å². The highest BCUT2D eigenvalue weighted by Crippen LogP contribution is 2.37. The van der Waals surface area contributed by atoms with Gasteiger partial charge < -0.3 is 15.5 Å². The molecular formula is C21H25N3O4. The fourth-order valence-corrected chi connectivity index (χ4v) is 3.79. The van der Waals surface area contributed by atoms with Crippen LogP contribution in [0.1, 0.15) is 37.7 Å². The molecule has 1 aliphatic rings. The van der Waals surface area contributed by atoms with Crippen molar-refractivity contribution in [2.45, 2.75) is 44.8 Å². The number of rotatable bonds is 6. The Morgan fingerprint density at radius 3 is 2.71 bits per heavy atom. The highest BCUT2D eigenvalue weighted by Gasteiger charge is 2.21. The Morgan fingerprint density at radius 2 is 1.96 bits per heavy atom. The smallest absolute Gasteiger partial charge is 0.139 e. The third-order valence-corrected chi connectivity index (χ3v) is 5.22. The van der Waals surface area contributed by atoms with Crippen LogP contribution in [0, 0.1) is 0 Å². The lowest BCUT2D eigenvalue weighted by Gasteiger charge is -2.24. The van der Waals surface area contributed by atoms with Crippen LogP contribution < -0.4 is 5.32 Å². The van der Waals surface area contributed by atoms with Crippen LogP contribution in [0.3, 0.4) is 0 Å². The van der Waals surface area contributed by atoms with Gasteiger partial charge in [-0.15, -0.1) is 0 Å². The Morgan fingerprint density at radius 1 is 1.14 bits per heavy atom. The van der Waals surface area contributed by atoms with E-state index in [1.54, 1.807) is 12.1 Å². The summed E-state index contributed by atoms with van der Waals surface area (Å²) in [5.74, 6) is 0.867. The van der Waals surface area contributed by atoms with Gasteiger partial charge in [-0.25, -0.2) is 14.8 Å². The lowest BCUT2D eigenvalue weighted by atomic mass is 9.95. The van der Waals surface area contributed by atoms with Crippen LogP contribution in [-0.2, 0) is 16.4 Å². The highest BCUT2D eigenvalue weighted by molar-refractivity contribution is 5.80. The first-order valence-electron chi connectivity index (χ1n) is 9.61. The first-order valence-corrected chi connectivity index (χ1v) is 9.61. The molecule has 7 nitrogen and oxygen atoms in total. The average Bonchev–Trinajstić information content (AvgIpc) is 3.04. The van der Waals surface area contributed by atoms with Gasteiger partial charge >= 0.3 is 0 Å². The number of hydrogen-bond acceptors (Lipinski definition) is 6.